The maximum absolute atomic E-state index is 4.00. The molecule has 0 aromatic rings. The smallest absolute Gasteiger partial charge is 0.0132 e. The van der Waals surface area contributed by atoms with Crippen molar-refractivity contribution in [1.29, 1.82) is 0 Å². The summed E-state index contributed by atoms with van der Waals surface area (Å²) in [5.41, 5.74) is 0. The number of rotatable bonds is 4. The zero-order valence-corrected chi connectivity index (χ0v) is 6.47. The Morgan fingerprint density at radius 2 is 2.25 bits per heavy atom. The first kappa shape index (κ1) is 11.2. The first-order valence-electron chi connectivity index (χ1n) is 2.34. The van der Waals surface area contributed by atoms with Crippen molar-refractivity contribution in [3.63, 3.8) is 0 Å². The van der Waals surface area contributed by atoms with Gasteiger partial charge in [0.2, 0.25) is 0 Å². The van der Waals surface area contributed by atoms with Crippen LogP contribution in [-0.2, 0) is 0 Å². The normalized spacial score (nSPS) is 7.62. The lowest BCUT2D eigenvalue weighted by Gasteiger charge is -1.92. The Morgan fingerprint density at radius 3 is 2.62 bits per heavy atom. The molecule has 0 rings (SSSR count). The van der Waals surface area contributed by atoms with Gasteiger partial charge in [0.05, 0.1) is 0 Å². The topological polar surface area (TPSA) is 12.0 Å². The molecule has 1 N–H and O–H groups in total. The summed E-state index contributed by atoms with van der Waals surface area (Å²) in [7, 11) is 0. The van der Waals surface area contributed by atoms with Crippen molar-refractivity contribution in [2.24, 2.45) is 0 Å². The maximum atomic E-state index is 4.00. The standard InChI is InChI=1S/C5H11NS.ClH/c1-2-3-6-4-5-7;/h2,6-7H,1,3-5H2;1H. The molecule has 0 radical (unpaired) electrons. The first-order chi connectivity index (χ1) is 3.41. The van der Waals surface area contributed by atoms with Crippen LogP contribution < -0.4 is 5.32 Å². The average molecular weight is 154 g/mol. The monoisotopic (exact) mass is 153 g/mol. The summed E-state index contributed by atoms with van der Waals surface area (Å²) in [5, 5.41) is 3.09. The zero-order chi connectivity index (χ0) is 5.54. The van der Waals surface area contributed by atoms with Crippen molar-refractivity contribution in [2.45, 2.75) is 0 Å². The van der Waals surface area contributed by atoms with Crippen LogP contribution in [0.2, 0.25) is 0 Å². The number of hydrogen-bond acceptors (Lipinski definition) is 2. The molecule has 0 saturated carbocycles. The van der Waals surface area contributed by atoms with Crippen LogP contribution in [0.25, 0.3) is 0 Å². The highest BCUT2D eigenvalue weighted by Gasteiger charge is 1.74. The highest BCUT2D eigenvalue weighted by atomic mass is 35.5. The molecule has 0 aliphatic carbocycles. The fourth-order valence-corrected chi connectivity index (χ4v) is 0.441. The van der Waals surface area contributed by atoms with E-state index in [1.807, 2.05) is 6.08 Å². The molecule has 1 nitrogen and oxygen atoms in total. The number of halogens is 1. The van der Waals surface area contributed by atoms with Crippen LogP contribution in [0.15, 0.2) is 12.7 Å². The molecule has 0 atom stereocenters. The van der Waals surface area contributed by atoms with Gasteiger partial charge in [0.15, 0.2) is 0 Å². The van der Waals surface area contributed by atoms with E-state index >= 15 is 0 Å². The van der Waals surface area contributed by atoms with Gasteiger partial charge in [-0.05, 0) is 0 Å². The number of hydrogen-bond donors (Lipinski definition) is 2. The largest absolute Gasteiger partial charge is 0.312 e. The van der Waals surface area contributed by atoms with Gasteiger partial charge in [-0.15, -0.1) is 19.0 Å². The third kappa shape index (κ3) is 9.60. The van der Waals surface area contributed by atoms with Crippen molar-refractivity contribution in [2.75, 3.05) is 18.8 Å². The van der Waals surface area contributed by atoms with Gasteiger partial charge in [-0.1, -0.05) is 6.08 Å². The van der Waals surface area contributed by atoms with E-state index in [0.29, 0.717) is 0 Å². The van der Waals surface area contributed by atoms with E-state index in [1.165, 1.54) is 0 Å². The van der Waals surface area contributed by atoms with Crippen molar-refractivity contribution in [3.05, 3.63) is 12.7 Å². The minimum Gasteiger partial charge on any atom is -0.312 e. The van der Waals surface area contributed by atoms with Gasteiger partial charge in [0.25, 0.3) is 0 Å². The van der Waals surface area contributed by atoms with Crippen LogP contribution in [0.5, 0.6) is 0 Å². The molecule has 0 fully saturated rings. The average Bonchev–Trinajstić information content (AvgIpc) is 1.69. The highest BCUT2D eigenvalue weighted by Crippen LogP contribution is 1.66. The molecule has 0 heterocycles. The molecule has 0 spiro atoms. The second-order valence-corrected chi connectivity index (χ2v) is 1.66. The molecule has 0 amide bonds. The molecular weight excluding hydrogens is 142 g/mol. The van der Waals surface area contributed by atoms with Crippen LogP contribution >= 0.6 is 25.0 Å². The van der Waals surface area contributed by atoms with E-state index in [2.05, 4.69) is 24.5 Å². The molecule has 0 bridgehead atoms. The third-order valence-corrected chi connectivity index (χ3v) is 0.801. The lowest BCUT2D eigenvalue weighted by molar-refractivity contribution is 0.808. The van der Waals surface area contributed by atoms with Crippen LogP contribution in [0, 0.1) is 0 Å². The van der Waals surface area contributed by atoms with E-state index < -0.39 is 0 Å². The minimum absolute atomic E-state index is 0. The Balaban J connectivity index is 0. The summed E-state index contributed by atoms with van der Waals surface area (Å²) < 4.78 is 0. The molecule has 0 saturated heterocycles. The Bertz CT molecular complexity index is 49.7. The summed E-state index contributed by atoms with van der Waals surface area (Å²) in [6.07, 6.45) is 1.84. The molecule has 0 aliphatic rings. The summed E-state index contributed by atoms with van der Waals surface area (Å²) in [5.74, 6) is 0.897. The molecule has 3 heteroatoms. The Labute approximate surface area is 62.4 Å². The van der Waals surface area contributed by atoms with Crippen molar-refractivity contribution < 1.29 is 0 Å². The molecule has 8 heavy (non-hydrogen) atoms. The van der Waals surface area contributed by atoms with Crippen molar-refractivity contribution in [3.8, 4) is 0 Å². The van der Waals surface area contributed by atoms with E-state index in [-0.39, 0.29) is 12.4 Å². The molecule has 0 aromatic heterocycles. The molecule has 0 aliphatic heterocycles. The predicted octanol–water partition coefficient (Wildman–Crippen LogP) is 1.11. The van der Waals surface area contributed by atoms with E-state index in [0.717, 1.165) is 18.8 Å². The summed E-state index contributed by atoms with van der Waals surface area (Å²) in [4.78, 5) is 0. The van der Waals surface area contributed by atoms with Crippen LogP contribution in [-0.4, -0.2) is 18.8 Å². The maximum Gasteiger partial charge on any atom is 0.0132 e. The molecule has 0 unspecified atom stereocenters. The summed E-state index contributed by atoms with van der Waals surface area (Å²) in [6.45, 7) is 5.40. The van der Waals surface area contributed by atoms with Crippen molar-refractivity contribution >= 4 is 25.0 Å². The van der Waals surface area contributed by atoms with Gasteiger partial charge in [-0.3, -0.25) is 0 Å². The number of thiol groups is 1. The van der Waals surface area contributed by atoms with Gasteiger partial charge < -0.3 is 5.32 Å². The van der Waals surface area contributed by atoms with Crippen LogP contribution in [0.3, 0.4) is 0 Å². The van der Waals surface area contributed by atoms with E-state index in [1.54, 1.807) is 0 Å². The van der Waals surface area contributed by atoms with Gasteiger partial charge in [-0.2, -0.15) is 12.6 Å². The molecule has 50 valence electrons. The van der Waals surface area contributed by atoms with Gasteiger partial charge in [0.1, 0.15) is 0 Å². The Kier molecular flexibility index (Phi) is 14.5. The quantitative estimate of drug-likeness (QED) is 0.351. The lowest BCUT2D eigenvalue weighted by atomic mass is 10.6. The SMILES string of the molecule is C=CCNCCS.Cl. The minimum atomic E-state index is 0. The molecular formula is C5H12ClNS. The van der Waals surface area contributed by atoms with E-state index in [9.17, 15) is 0 Å². The second kappa shape index (κ2) is 10.3. The third-order valence-electron chi connectivity index (χ3n) is 0.577. The first-order valence-corrected chi connectivity index (χ1v) is 2.97. The predicted molar refractivity (Wildman–Crippen MR) is 44.2 cm³/mol. The van der Waals surface area contributed by atoms with Gasteiger partial charge in [-0.25, -0.2) is 0 Å². The van der Waals surface area contributed by atoms with Crippen LogP contribution in [0.4, 0.5) is 0 Å². The zero-order valence-electron chi connectivity index (χ0n) is 4.76. The number of nitrogens with one attached hydrogen (secondary N) is 1. The Hall–Kier alpha value is 0.340. The fourth-order valence-electron chi connectivity index (χ4n) is 0.283. The summed E-state index contributed by atoms with van der Waals surface area (Å²) in [6, 6.07) is 0. The van der Waals surface area contributed by atoms with Gasteiger partial charge >= 0.3 is 0 Å². The second-order valence-electron chi connectivity index (χ2n) is 1.22. The summed E-state index contributed by atoms with van der Waals surface area (Å²) >= 11 is 4.00. The fraction of sp³-hybridized carbons (Fsp3) is 0.600. The van der Waals surface area contributed by atoms with Gasteiger partial charge in [0, 0.05) is 18.8 Å². The van der Waals surface area contributed by atoms with E-state index in [4.69, 9.17) is 0 Å². The van der Waals surface area contributed by atoms with Crippen molar-refractivity contribution in [1.82, 2.24) is 5.32 Å². The lowest BCUT2D eigenvalue weighted by Crippen LogP contribution is -2.15. The van der Waals surface area contributed by atoms with Crippen LogP contribution in [0.1, 0.15) is 0 Å². The highest BCUT2D eigenvalue weighted by molar-refractivity contribution is 7.80. The Morgan fingerprint density at radius 1 is 1.62 bits per heavy atom. The molecule has 0 aromatic carbocycles.